The lowest BCUT2D eigenvalue weighted by Gasteiger charge is -2.32. The Morgan fingerprint density at radius 3 is 1.91 bits per heavy atom. The molecule has 11 bridgehead atoms. The summed E-state index contributed by atoms with van der Waals surface area (Å²) in [6, 6.07) is 2.90. The zero-order chi connectivity index (χ0) is 69.7. The van der Waals surface area contributed by atoms with E-state index in [2.05, 4.69) is 37.2 Å². The number of phenols is 4. The van der Waals surface area contributed by atoms with Gasteiger partial charge in [-0.25, -0.2) is 14.4 Å². The van der Waals surface area contributed by atoms with Crippen LogP contribution < -0.4 is 46.7 Å². The number of unbranched alkanes of at least 4 members (excludes halogenated alkanes) is 1. The average Bonchev–Trinajstić information content (AvgIpc) is 0.773. The number of fused-ring (bicyclic) bond motifs is 15. The number of alkyl carbamates (subject to hydrolysis) is 1. The fourth-order valence-electron chi connectivity index (χ4n) is 10.8. The van der Waals surface area contributed by atoms with E-state index in [0.717, 1.165) is 54.5 Å². The van der Waals surface area contributed by atoms with Crippen LogP contribution in [0.2, 0.25) is 10.0 Å². The van der Waals surface area contributed by atoms with Gasteiger partial charge < -0.3 is 86.4 Å². The van der Waals surface area contributed by atoms with Gasteiger partial charge in [0.25, 0.3) is 0 Å². The number of hydrogen-bond acceptors (Lipinski definition) is 19. The maximum Gasteiger partial charge on any atom is 0.410 e. The van der Waals surface area contributed by atoms with Crippen LogP contribution in [0.15, 0.2) is 78.9 Å². The molecule has 12 N–H and O–H groups in total. The first kappa shape index (κ1) is 71.1. The van der Waals surface area contributed by atoms with Crippen molar-refractivity contribution in [1.82, 2.24) is 42.1 Å². The van der Waals surface area contributed by atoms with Crippen LogP contribution in [-0.2, 0) is 54.2 Å². The van der Waals surface area contributed by atoms with Gasteiger partial charge in [-0.05, 0) is 150 Å². The molecule has 5 aromatic carbocycles. The van der Waals surface area contributed by atoms with E-state index in [1.807, 2.05) is 13.8 Å². The average molecular weight is 1360 g/mol. The number of aliphatic hydroxyl groups is 1. The lowest BCUT2D eigenvalue weighted by atomic mass is 9.89. The number of likely N-dealkylation sites (N-methyl/N-ethyl adjacent to an activating group) is 1. The Kier molecular flexibility index (Phi) is 21.9. The van der Waals surface area contributed by atoms with Crippen molar-refractivity contribution in [3.8, 4) is 57.1 Å². The highest BCUT2D eigenvalue weighted by molar-refractivity contribution is 6.32. The topological polar surface area (TPSA) is 388 Å². The zero-order valence-corrected chi connectivity index (χ0v) is 55.1. The Labute approximate surface area is 556 Å². The number of rotatable bonds is 11. The van der Waals surface area contributed by atoms with E-state index in [4.69, 9.17) is 46.9 Å². The van der Waals surface area contributed by atoms with Gasteiger partial charge in [0.15, 0.2) is 17.5 Å². The van der Waals surface area contributed by atoms with Gasteiger partial charge >= 0.3 is 18.2 Å². The molecule has 29 heteroatoms. The molecule has 8 amide bonds. The first-order valence-corrected chi connectivity index (χ1v) is 31.1. The number of aliphatic hydroxyl groups excluding tert-OH is 1. The van der Waals surface area contributed by atoms with Crippen molar-refractivity contribution < 1.29 is 92.4 Å². The van der Waals surface area contributed by atoms with Crippen molar-refractivity contribution in [1.29, 1.82) is 0 Å². The molecule has 0 aliphatic carbocycles. The van der Waals surface area contributed by atoms with Gasteiger partial charge in [0.2, 0.25) is 41.2 Å². The molecule has 0 unspecified atom stereocenters. The van der Waals surface area contributed by atoms with Crippen LogP contribution >= 0.6 is 23.2 Å². The van der Waals surface area contributed by atoms with E-state index in [0.29, 0.717) is 5.56 Å². The summed E-state index contributed by atoms with van der Waals surface area (Å²) in [5.74, 6) is -12.0. The van der Waals surface area contributed by atoms with Gasteiger partial charge in [-0.3, -0.25) is 33.7 Å². The molecular formula is C66H76Cl2N8O19. The van der Waals surface area contributed by atoms with Gasteiger partial charge in [0.05, 0.1) is 17.2 Å². The quantitative estimate of drug-likeness (QED) is 0.0347. The van der Waals surface area contributed by atoms with Gasteiger partial charge in [0.1, 0.15) is 82.3 Å². The van der Waals surface area contributed by atoms with E-state index in [1.54, 1.807) is 41.5 Å². The number of carbonyl (C=O) groups excluding carboxylic acids is 9. The molecule has 10 rings (SSSR count). The minimum absolute atomic E-state index is 0.0212. The standard InChI is InChI=1S/C66H76Cl2N8O19/c1-30(2)21-42(76(9)64(90)95-66(6,7)8)58(84)71-41-23-31-14-18-45(38(67)22-31)92-47-26-34-27-48(55(47)81)93-46-19-16-33(25-39(46)68)54(80)53-61(87)74-52(62(88)91-10)37-28-35(77)29-44(79)49(37)36-24-32(15-17-43(36)78)50(59(85)75-53)73-60(86)51(34)72-56(82)40(70-57(41)83)13-11-12-20-69-63(89)94-65(3,4)5/h14-19,22,24-30,40-42,50-54,77-81H,11-13,20-21,23H2,1-10H3,(H,69,89)(H,70,83)(H,71,84)(H,72,82)(H,73,86)(H,74,87)(H,75,85)/t40-,41+,42+,50+,51+,52-,53-,54+/m0/s1. The van der Waals surface area contributed by atoms with Crippen LogP contribution in [-0.4, -0.2) is 140 Å². The van der Waals surface area contributed by atoms with Crippen LogP contribution in [0.1, 0.15) is 133 Å². The minimum Gasteiger partial charge on any atom is -0.508 e. The van der Waals surface area contributed by atoms with E-state index in [1.165, 1.54) is 43.4 Å². The molecule has 508 valence electrons. The summed E-state index contributed by atoms with van der Waals surface area (Å²) in [6.45, 7) is 13.7. The van der Waals surface area contributed by atoms with Gasteiger partial charge in [-0.2, -0.15) is 0 Å². The number of nitrogens with zero attached hydrogens (tertiary/aromatic N) is 1. The fourth-order valence-corrected chi connectivity index (χ4v) is 11.2. The Morgan fingerprint density at radius 2 is 1.28 bits per heavy atom. The second kappa shape index (κ2) is 29.3. The van der Waals surface area contributed by atoms with Crippen LogP contribution in [0, 0.1) is 5.92 Å². The number of carbonyl (C=O) groups is 9. The smallest absolute Gasteiger partial charge is 0.410 e. The SMILES string of the molecule is COC(=O)[C@H]1NC(=O)[C@H]2NC(=O)[C@H](NC(=O)[C@@H]3NC(=O)[C@H](CCCCNC(=O)OC(C)(C)C)NC(=O)[C@H](NC(=O)[C@@H](CC(C)C)N(C)C(=O)OC(C)(C)C)Cc4ccc(c(Cl)c4)Oc4cc3cc(c4O)Oc3ccc(cc3Cl)[C@H]2O)c2ccc(O)c(c2)-c2c(O)cc(O)cc21. The number of esters is 1. The van der Waals surface area contributed by atoms with Crippen LogP contribution in [0.4, 0.5) is 9.59 Å². The number of ether oxygens (including phenoxy) is 5. The number of phenolic OH excluding ortho intramolecular Hbond substituents is 4. The maximum absolute atomic E-state index is 15.8. The molecule has 5 aliphatic rings. The zero-order valence-electron chi connectivity index (χ0n) is 53.6. The van der Waals surface area contributed by atoms with Crippen molar-refractivity contribution in [2.24, 2.45) is 5.92 Å². The Morgan fingerprint density at radius 1 is 0.674 bits per heavy atom. The molecular weight excluding hydrogens is 1280 g/mol. The summed E-state index contributed by atoms with van der Waals surface area (Å²) in [7, 11) is 2.35. The highest BCUT2D eigenvalue weighted by Crippen LogP contribution is 2.48. The van der Waals surface area contributed by atoms with E-state index in [-0.39, 0.29) is 99.5 Å². The third-order valence-electron chi connectivity index (χ3n) is 15.4. The van der Waals surface area contributed by atoms with Crippen molar-refractivity contribution >= 4 is 76.8 Å². The third-order valence-corrected chi connectivity index (χ3v) is 15.9. The summed E-state index contributed by atoms with van der Waals surface area (Å²) in [6.07, 6.45) is -3.82. The Hall–Kier alpha value is -9.73. The van der Waals surface area contributed by atoms with Crippen molar-refractivity contribution in [2.75, 3.05) is 20.7 Å². The predicted octanol–water partition coefficient (Wildman–Crippen LogP) is 7.46. The highest BCUT2D eigenvalue weighted by Gasteiger charge is 2.42. The first-order valence-electron chi connectivity index (χ1n) is 30.3. The summed E-state index contributed by atoms with van der Waals surface area (Å²) in [4.78, 5) is 132. The molecule has 0 saturated carbocycles. The summed E-state index contributed by atoms with van der Waals surface area (Å²) in [5, 5.41) is 76.3. The summed E-state index contributed by atoms with van der Waals surface area (Å²) >= 11 is 13.8. The molecule has 0 radical (unpaired) electrons. The van der Waals surface area contributed by atoms with E-state index in [9.17, 15) is 49.5 Å². The van der Waals surface area contributed by atoms with Crippen LogP contribution in [0.3, 0.4) is 0 Å². The molecule has 0 saturated heterocycles. The number of hydrogen-bond donors (Lipinski definition) is 12. The number of methoxy groups -OCH3 is 1. The number of amides is 8. The number of nitrogens with one attached hydrogen (secondary N) is 7. The number of benzene rings is 5. The normalized spacial score (nSPS) is 20.1. The van der Waals surface area contributed by atoms with Gasteiger partial charge in [0, 0.05) is 42.8 Å². The highest BCUT2D eigenvalue weighted by atomic mass is 35.5. The number of aromatic hydroxyl groups is 4. The molecule has 5 aliphatic heterocycles. The maximum atomic E-state index is 15.8. The van der Waals surface area contributed by atoms with Crippen LogP contribution in [0.5, 0.6) is 46.0 Å². The fraction of sp³-hybridized carbons (Fsp3) is 0.409. The van der Waals surface area contributed by atoms with Gasteiger partial charge in [-0.1, -0.05) is 55.2 Å². The second-order valence-corrected chi connectivity index (χ2v) is 26.3. The molecule has 0 spiro atoms. The van der Waals surface area contributed by atoms with Crippen molar-refractivity contribution in [3.05, 3.63) is 117 Å². The molecule has 8 atom stereocenters. The molecule has 5 heterocycles. The van der Waals surface area contributed by atoms with Gasteiger partial charge in [-0.15, -0.1) is 0 Å². The number of halogens is 2. The van der Waals surface area contributed by atoms with Crippen molar-refractivity contribution in [2.45, 2.75) is 147 Å². The van der Waals surface area contributed by atoms with E-state index < -0.39 is 148 Å². The predicted molar refractivity (Wildman–Crippen MR) is 342 cm³/mol. The molecule has 95 heavy (non-hydrogen) atoms. The third kappa shape index (κ3) is 17.4. The minimum atomic E-state index is -2.13. The lowest BCUT2D eigenvalue weighted by Crippen LogP contribution is -2.58. The molecule has 0 aromatic heterocycles. The Bertz CT molecular complexity index is 3830. The molecule has 5 aromatic rings. The molecule has 0 fully saturated rings. The monoisotopic (exact) mass is 1350 g/mol. The molecule has 27 nitrogen and oxygen atoms in total. The Balaban J connectivity index is 1.32. The first-order chi connectivity index (χ1) is 44.6. The van der Waals surface area contributed by atoms with E-state index >= 15 is 19.2 Å². The largest absolute Gasteiger partial charge is 0.508 e. The van der Waals surface area contributed by atoms with Crippen LogP contribution in [0.25, 0.3) is 11.1 Å². The summed E-state index contributed by atoms with van der Waals surface area (Å²) in [5.41, 5.74) is -3.15. The summed E-state index contributed by atoms with van der Waals surface area (Å²) < 4.78 is 28.6. The second-order valence-electron chi connectivity index (χ2n) is 25.5. The van der Waals surface area contributed by atoms with Crippen molar-refractivity contribution in [3.63, 3.8) is 0 Å². The lowest BCUT2D eigenvalue weighted by molar-refractivity contribution is -0.146.